The summed E-state index contributed by atoms with van der Waals surface area (Å²) >= 11 is 5.18. The number of ether oxygens (including phenoxy) is 1. The molecule has 1 fully saturated rings. The Kier molecular flexibility index (Phi) is 15.2. The highest BCUT2D eigenvalue weighted by Crippen LogP contribution is 2.36. The topological polar surface area (TPSA) is 130 Å². The molecular formula is C48H59BrN6O5S. The number of unbranched alkanes of at least 4 members (excludes halogenated alkanes) is 2. The van der Waals surface area contributed by atoms with Crippen molar-refractivity contribution in [3.63, 3.8) is 0 Å². The lowest BCUT2D eigenvalue weighted by atomic mass is 9.85. The molecule has 3 atom stereocenters. The number of rotatable bonds is 17. The van der Waals surface area contributed by atoms with Crippen molar-refractivity contribution < 1.29 is 23.6 Å². The average Bonchev–Trinajstić information content (AvgIpc) is 3.98. The fraction of sp³-hybridized carbons (Fsp3) is 0.438. The number of anilines is 2. The lowest BCUT2D eigenvalue weighted by Crippen LogP contribution is -2.58. The summed E-state index contributed by atoms with van der Waals surface area (Å²) in [5.74, 6) is -0.000410. The summed E-state index contributed by atoms with van der Waals surface area (Å²) < 4.78 is 12.3. The highest BCUT2D eigenvalue weighted by molar-refractivity contribution is 9.10. The molecular weight excluding hydrogens is 853 g/mol. The van der Waals surface area contributed by atoms with E-state index in [1.165, 1.54) is 0 Å². The van der Waals surface area contributed by atoms with Crippen LogP contribution in [0.1, 0.15) is 94.1 Å². The number of hydrogen-bond donors (Lipinski definition) is 2. The molecule has 0 unspecified atom stereocenters. The van der Waals surface area contributed by atoms with Gasteiger partial charge in [-0.25, -0.2) is 4.98 Å². The number of aromatic nitrogens is 2. The van der Waals surface area contributed by atoms with Crippen molar-refractivity contribution in [3.8, 4) is 21.6 Å². The largest absolute Gasteiger partial charge is 0.372 e. The zero-order chi connectivity index (χ0) is 43.8. The smallest absolute Gasteiger partial charge is 0.246 e. The molecule has 11 nitrogen and oxygen atoms in total. The molecule has 0 spiro atoms. The first-order valence-corrected chi connectivity index (χ1v) is 22.8. The van der Waals surface area contributed by atoms with Gasteiger partial charge < -0.3 is 29.7 Å². The first-order valence-electron chi connectivity index (χ1n) is 21.2. The number of aryl methyl sites for hydroxylation is 4. The summed E-state index contributed by atoms with van der Waals surface area (Å²) in [5.41, 5.74) is 10.6. The number of thiazole rings is 1. The van der Waals surface area contributed by atoms with Gasteiger partial charge in [-0.15, -0.1) is 11.3 Å². The average molecular weight is 912 g/mol. The Hall–Kier alpha value is -4.85. The molecule has 0 radical (unpaired) electrons. The lowest BCUT2D eigenvalue weighted by Gasteiger charge is -2.35. The van der Waals surface area contributed by atoms with Gasteiger partial charge in [-0.05, 0) is 125 Å². The molecule has 0 aliphatic carbocycles. The van der Waals surface area contributed by atoms with Crippen LogP contribution in [0.3, 0.4) is 0 Å². The predicted molar refractivity (Wildman–Crippen MR) is 247 cm³/mol. The number of carbonyl (C=O) groups is 3. The van der Waals surface area contributed by atoms with E-state index in [0.29, 0.717) is 26.0 Å². The molecule has 6 rings (SSSR count). The molecule has 2 aromatic heterocycles. The maximum Gasteiger partial charge on any atom is 0.246 e. The molecule has 3 aromatic carbocycles. The molecule has 61 heavy (non-hydrogen) atoms. The third-order valence-electron chi connectivity index (χ3n) is 11.4. The Labute approximate surface area is 372 Å². The quantitative estimate of drug-likeness (QED) is 0.0883. The summed E-state index contributed by atoms with van der Waals surface area (Å²) in [6, 6.07) is 21.3. The number of amides is 3. The molecule has 5 aromatic rings. The van der Waals surface area contributed by atoms with Crippen molar-refractivity contribution >= 4 is 56.4 Å². The van der Waals surface area contributed by atoms with E-state index in [4.69, 9.17) is 9.26 Å². The van der Waals surface area contributed by atoms with Crippen LogP contribution in [0.25, 0.3) is 21.6 Å². The molecule has 324 valence electrons. The third kappa shape index (κ3) is 11.4. The minimum absolute atomic E-state index is 0.151. The Morgan fingerprint density at radius 1 is 0.951 bits per heavy atom. The van der Waals surface area contributed by atoms with Gasteiger partial charge in [-0.2, -0.15) is 0 Å². The van der Waals surface area contributed by atoms with E-state index in [1.807, 2.05) is 66.1 Å². The van der Waals surface area contributed by atoms with Crippen LogP contribution in [0.2, 0.25) is 0 Å². The molecule has 13 heteroatoms. The minimum atomic E-state index is -0.818. The molecule has 3 heterocycles. The van der Waals surface area contributed by atoms with E-state index in [2.05, 4.69) is 103 Å². The van der Waals surface area contributed by atoms with E-state index >= 15 is 0 Å². The molecule has 3 amide bonds. The number of benzene rings is 3. The normalized spacial score (nSPS) is 15.1. The summed E-state index contributed by atoms with van der Waals surface area (Å²) in [6.45, 7) is 17.3. The van der Waals surface area contributed by atoms with Gasteiger partial charge in [-0.1, -0.05) is 78.3 Å². The second-order valence-electron chi connectivity index (χ2n) is 17.1. The minimum Gasteiger partial charge on any atom is -0.372 e. The Balaban J connectivity index is 0.989. The van der Waals surface area contributed by atoms with Crippen molar-refractivity contribution in [1.82, 2.24) is 25.7 Å². The summed E-state index contributed by atoms with van der Waals surface area (Å²) in [7, 11) is 0. The third-order valence-corrected chi connectivity index (χ3v) is 12.9. The number of halogens is 1. The number of nitrogens with zero attached hydrogens (tertiary/aromatic N) is 4. The monoisotopic (exact) mass is 910 g/mol. The Morgan fingerprint density at radius 2 is 1.67 bits per heavy atom. The second-order valence-corrected chi connectivity index (χ2v) is 18.9. The van der Waals surface area contributed by atoms with E-state index in [9.17, 15) is 14.4 Å². The van der Waals surface area contributed by atoms with Crippen molar-refractivity contribution in [3.05, 3.63) is 105 Å². The van der Waals surface area contributed by atoms with Crippen LogP contribution in [-0.4, -0.2) is 71.1 Å². The maximum atomic E-state index is 14.1. The van der Waals surface area contributed by atoms with Gasteiger partial charge in [0.05, 0.1) is 27.8 Å². The Bertz CT molecular complexity index is 2260. The predicted octanol–water partition coefficient (Wildman–Crippen LogP) is 10.2. The van der Waals surface area contributed by atoms with E-state index in [0.717, 1.165) is 91.5 Å². The number of hydrogen-bond acceptors (Lipinski definition) is 9. The molecule has 0 saturated carbocycles. The fourth-order valence-corrected chi connectivity index (χ4v) is 9.07. The highest BCUT2D eigenvalue weighted by atomic mass is 79.9. The second kappa shape index (κ2) is 20.3. The summed E-state index contributed by atoms with van der Waals surface area (Å²) in [5, 5.41) is 10.3. The van der Waals surface area contributed by atoms with E-state index in [1.54, 1.807) is 16.2 Å². The van der Waals surface area contributed by atoms with Crippen LogP contribution in [0.5, 0.6) is 0 Å². The number of likely N-dealkylation sites (tertiary alicyclic amines) is 1. The first kappa shape index (κ1) is 45.7. The van der Waals surface area contributed by atoms with Crippen molar-refractivity contribution in [2.45, 2.75) is 106 Å². The molecule has 0 bridgehead atoms. The van der Waals surface area contributed by atoms with Crippen LogP contribution in [-0.2, 0) is 19.1 Å². The van der Waals surface area contributed by atoms with Crippen LogP contribution >= 0.6 is 27.3 Å². The van der Waals surface area contributed by atoms with E-state index in [-0.39, 0.29) is 30.4 Å². The zero-order valence-corrected chi connectivity index (χ0v) is 39.0. The van der Waals surface area contributed by atoms with Gasteiger partial charge in [0, 0.05) is 41.1 Å². The zero-order valence-electron chi connectivity index (χ0n) is 36.6. The van der Waals surface area contributed by atoms with Gasteiger partial charge >= 0.3 is 0 Å². The van der Waals surface area contributed by atoms with Crippen molar-refractivity contribution in [1.29, 1.82) is 0 Å². The standard InChI is InChI=1S/C48H59BrN6O5S/c1-30-14-15-37(43-32(3)53-60-34(43)5)27-41(30)54(39-22-20-38(49)21-23-39)24-10-9-11-26-59-28-42(56)52-45(48(6,7)8)47(58)55-25-12-13-40(55)46(57)51-31(2)35-16-18-36(19-17-35)44-33(4)50-29-61-44/h14-23,27,29,31,40,45H,9-13,24-26,28H2,1-8H3,(H,51,57)(H,52,56)/t31-,40-,45+/m0/s1. The van der Waals surface area contributed by atoms with Gasteiger partial charge in [0.1, 0.15) is 24.5 Å². The number of nitrogens with one attached hydrogen (secondary N) is 2. The molecule has 1 aliphatic rings. The van der Waals surface area contributed by atoms with Gasteiger partial charge in [-0.3, -0.25) is 14.4 Å². The maximum absolute atomic E-state index is 14.1. The molecule has 2 N–H and O–H groups in total. The van der Waals surface area contributed by atoms with Crippen LogP contribution in [0.4, 0.5) is 11.4 Å². The van der Waals surface area contributed by atoms with Crippen LogP contribution in [0, 0.1) is 33.1 Å². The van der Waals surface area contributed by atoms with Crippen molar-refractivity contribution in [2.75, 3.05) is 31.2 Å². The van der Waals surface area contributed by atoms with Gasteiger partial charge in [0.2, 0.25) is 17.7 Å². The number of carbonyl (C=O) groups excluding carboxylic acids is 3. The summed E-state index contributed by atoms with van der Waals surface area (Å²) in [6.07, 6.45) is 3.86. The van der Waals surface area contributed by atoms with Gasteiger partial charge in [0.25, 0.3) is 0 Å². The van der Waals surface area contributed by atoms with Crippen LogP contribution in [0.15, 0.2) is 81.2 Å². The first-order chi connectivity index (χ1) is 29.1. The summed E-state index contributed by atoms with van der Waals surface area (Å²) in [4.78, 5) is 50.5. The van der Waals surface area contributed by atoms with Gasteiger partial charge in [0.15, 0.2) is 0 Å². The SMILES string of the molecule is Cc1ccc(-c2c(C)noc2C)cc1N(CCCCCOCC(=O)N[C@H](C(=O)N1CCC[C@H]1C(=O)N[C@@H](C)c1ccc(-c2scnc2C)cc1)C(C)(C)C)c1ccc(Br)cc1. The fourth-order valence-electron chi connectivity index (χ4n) is 7.99. The Morgan fingerprint density at radius 3 is 2.33 bits per heavy atom. The van der Waals surface area contributed by atoms with E-state index < -0.39 is 17.5 Å². The lowest BCUT2D eigenvalue weighted by molar-refractivity contribution is -0.144. The highest BCUT2D eigenvalue weighted by Gasteiger charge is 2.42. The molecule has 1 saturated heterocycles. The van der Waals surface area contributed by atoms with Crippen molar-refractivity contribution in [2.24, 2.45) is 5.41 Å². The van der Waals surface area contributed by atoms with Crippen LogP contribution < -0.4 is 15.5 Å². The molecule has 1 aliphatic heterocycles.